The van der Waals surface area contributed by atoms with E-state index in [2.05, 4.69) is 5.32 Å². The maximum atomic E-state index is 12.3. The van der Waals surface area contributed by atoms with Crippen molar-refractivity contribution in [2.24, 2.45) is 11.8 Å². The number of nitrogens with zero attached hydrogens (tertiary/aromatic N) is 1. The Morgan fingerprint density at radius 3 is 2.36 bits per heavy atom. The van der Waals surface area contributed by atoms with Gasteiger partial charge in [-0.05, 0) is 30.0 Å². The second kappa shape index (κ2) is 9.96. The van der Waals surface area contributed by atoms with Gasteiger partial charge in [0.05, 0.1) is 0 Å². The average molecular weight is 392 g/mol. The summed E-state index contributed by atoms with van der Waals surface area (Å²) < 4.78 is 15.4. The van der Waals surface area contributed by atoms with E-state index in [1.807, 2.05) is 27.7 Å². The zero-order valence-electron chi connectivity index (χ0n) is 16.8. The number of hydrogen-bond donors (Lipinski definition) is 1. The molecule has 2 amide bonds. The fourth-order valence-corrected chi connectivity index (χ4v) is 2.74. The minimum Gasteiger partial charge on any atom is -0.454 e. The Kier molecular flexibility index (Phi) is 7.66. The smallest absolute Gasteiger partial charge is 0.325 e. The van der Waals surface area contributed by atoms with Gasteiger partial charge in [-0.3, -0.25) is 14.4 Å². The third kappa shape index (κ3) is 6.44. The molecule has 8 heteroatoms. The van der Waals surface area contributed by atoms with Crippen LogP contribution in [0.1, 0.15) is 38.1 Å². The molecule has 0 aliphatic carbocycles. The van der Waals surface area contributed by atoms with E-state index in [1.165, 1.54) is 0 Å². The van der Waals surface area contributed by atoms with Crippen molar-refractivity contribution in [1.29, 1.82) is 0 Å². The lowest BCUT2D eigenvalue weighted by Crippen LogP contribution is -2.40. The van der Waals surface area contributed by atoms with Crippen LogP contribution >= 0.6 is 0 Å². The number of benzene rings is 1. The summed E-state index contributed by atoms with van der Waals surface area (Å²) in [5.74, 6) is 0.342. The molecule has 0 unspecified atom stereocenters. The van der Waals surface area contributed by atoms with Crippen LogP contribution in [0, 0.1) is 11.8 Å². The molecule has 8 nitrogen and oxygen atoms in total. The summed E-state index contributed by atoms with van der Waals surface area (Å²) in [6.45, 7) is 8.77. The fourth-order valence-electron chi connectivity index (χ4n) is 2.74. The van der Waals surface area contributed by atoms with E-state index in [0.717, 1.165) is 0 Å². The summed E-state index contributed by atoms with van der Waals surface area (Å²) in [7, 11) is 0. The van der Waals surface area contributed by atoms with Crippen LogP contribution in [0.2, 0.25) is 0 Å². The quantitative estimate of drug-likeness (QED) is 0.645. The number of carbonyl (C=O) groups is 3. The summed E-state index contributed by atoms with van der Waals surface area (Å²) in [5.41, 5.74) is 0.341. The fraction of sp³-hybridized carbons (Fsp3) is 0.550. The van der Waals surface area contributed by atoms with Crippen LogP contribution in [-0.2, 0) is 14.3 Å². The second-order valence-corrected chi connectivity index (χ2v) is 7.50. The Hall–Kier alpha value is -2.77. The third-order valence-electron chi connectivity index (χ3n) is 3.91. The van der Waals surface area contributed by atoms with Crippen molar-refractivity contribution in [2.45, 2.75) is 27.7 Å². The van der Waals surface area contributed by atoms with E-state index < -0.39 is 11.9 Å². The molecule has 1 aliphatic rings. The van der Waals surface area contributed by atoms with Gasteiger partial charge in [0.1, 0.15) is 6.54 Å². The standard InChI is InChI=1S/C20H28N2O6/c1-13(2)9-22(10-14(3)4)18(23)11-26-19(24)8-21-20(25)15-5-6-16-17(7-15)28-12-27-16/h5-7,13-14H,8-12H2,1-4H3,(H,21,25). The Labute approximate surface area is 165 Å². The molecular formula is C20H28N2O6. The number of esters is 1. The van der Waals surface area contributed by atoms with Gasteiger partial charge in [-0.2, -0.15) is 0 Å². The molecule has 1 aliphatic heterocycles. The van der Waals surface area contributed by atoms with Gasteiger partial charge in [0.25, 0.3) is 11.8 Å². The number of hydrogen-bond acceptors (Lipinski definition) is 6. The average Bonchev–Trinajstić information content (AvgIpc) is 3.10. The summed E-state index contributed by atoms with van der Waals surface area (Å²) in [6, 6.07) is 4.75. The molecule has 2 rings (SSSR count). The molecule has 154 valence electrons. The highest BCUT2D eigenvalue weighted by molar-refractivity contribution is 5.96. The molecule has 0 atom stereocenters. The summed E-state index contributed by atoms with van der Waals surface area (Å²) in [6.07, 6.45) is 0. The highest BCUT2D eigenvalue weighted by atomic mass is 16.7. The Morgan fingerprint density at radius 2 is 1.71 bits per heavy atom. The highest BCUT2D eigenvalue weighted by Gasteiger charge is 2.19. The van der Waals surface area contributed by atoms with Crippen LogP contribution in [0.15, 0.2) is 18.2 Å². The minimum absolute atomic E-state index is 0.116. The molecular weight excluding hydrogens is 364 g/mol. The molecule has 0 saturated carbocycles. The molecule has 1 aromatic carbocycles. The molecule has 0 radical (unpaired) electrons. The van der Waals surface area contributed by atoms with Gasteiger partial charge in [-0.1, -0.05) is 27.7 Å². The molecule has 1 heterocycles. The Balaban J connectivity index is 1.78. The van der Waals surface area contributed by atoms with E-state index in [1.54, 1.807) is 23.1 Å². The Morgan fingerprint density at radius 1 is 1.07 bits per heavy atom. The first-order valence-corrected chi connectivity index (χ1v) is 9.37. The van der Waals surface area contributed by atoms with Crippen molar-refractivity contribution >= 4 is 17.8 Å². The highest BCUT2D eigenvalue weighted by Crippen LogP contribution is 2.32. The summed E-state index contributed by atoms with van der Waals surface area (Å²) in [5, 5.41) is 2.47. The van der Waals surface area contributed by atoms with Crippen LogP contribution < -0.4 is 14.8 Å². The molecule has 0 fully saturated rings. The largest absolute Gasteiger partial charge is 0.454 e. The minimum atomic E-state index is -0.670. The SMILES string of the molecule is CC(C)CN(CC(C)C)C(=O)COC(=O)CNC(=O)c1ccc2c(c1)OCO2. The van der Waals surface area contributed by atoms with Gasteiger partial charge in [-0.25, -0.2) is 0 Å². The van der Waals surface area contributed by atoms with Crippen molar-refractivity contribution in [3.05, 3.63) is 23.8 Å². The number of ether oxygens (including phenoxy) is 3. The number of amides is 2. The molecule has 0 spiro atoms. The van der Waals surface area contributed by atoms with E-state index in [9.17, 15) is 14.4 Å². The first kappa shape index (κ1) is 21.5. The van der Waals surface area contributed by atoms with Gasteiger partial charge in [-0.15, -0.1) is 0 Å². The van der Waals surface area contributed by atoms with Gasteiger partial charge in [0, 0.05) is 18.7 Å². The monoisotopic (exact) mass is 392 g/mol. The number of carbonyl (C=O) groups excluding carboxylic acids is 3. The molecule has 1 aromatic rings. The number of nitrogens with one attached hydrogen (secondary N) is 1. The van der Waals surface area contributed by atoms with E-state index in [0.29, 0.717) is 42.0 Å². The topological polar surface area (TPSA) is 94.2 Å². The molecule has 0 saturated heterocycles. The zero-order chi connectivity index (χ0) is 20.7. The van der Waals surface area contributed by atoms with Crippen molar-refractivity contribution < 1.29 is 28.6 Å². The first-order chi connectivity index (χ1) is 13.3. The third-order valence-corrected chi connectivity index (χ3v) is 3.91. The molecule has 0 aromatic heterocycles. The van der Waals surface area contributed by atoms with Gasteiger partial charge < -0.3 is 24.4 Å². The molecule has 0 bridgehead atoms. The van der Waals surface area contributed by atoms with Crippen LogP contribution in [0.3, 0.4) is 0 Å². The van der Waals surface area contributed by atoms with Crippen LogP contribution in [0.25, 0.3) is 0 Å². The van der Waals surface area contributed by atoms with Crippen LogP contribution in [-0.4, -0.2) is 55.7 Å². The number of fused-ring (bicyclic) bond motifs is 1. The van der Waals surface area contributed by atoms with Gasteiger partial charge in [0.2, 0.25) is 6.79 Å². The van der Waals surface area contributed by atoms with Gasteiger partial charge in [0.15, 0.2) is 18.1 Å². The lowest BCUT2D eigenvalue weighted by atomic mass is 10.1. The van der Waals surface area contributed by atoms with Crippen molar-refractivity contribution in [3.63, 3.8) is 0 Å². The van der Waals surface area contributed by atoms with Crippen LogP contribution in [0.5, 0.6) is 11.5 Å². The van der Waals surface area contributed by atoms with Gasteiger partial charge >= 0.3 is 5.97 Å². The zero-order valence-corrected chi connectivity index (χ0v) is 16.8. The maximum absolute atomic E-state index is 12.3. The summed E-state index contributed by atoms with van der Waals surface area (Å²) >= 11 is 0. The Bertz CT molecular complexity index is 707. The molecule has 28 heavy (non-hydrogen) atoms. The van der Waals surface area contributed by atoms with Crippen molar-refractivity contribution in [3.8, 4) is 11.5 Å². The van der Waals surface area contributed by atoms with E-state index in [4.69, 9.17) is 14.2 Å². The maximum Gasteiger partial charge on any atom is 0.325 e. The van der Waals surface area contributed by atoms with Crippen molar-refractivity contribution in [2.75, 3.05) is 33.0 Å². The first-order valence-electron chi connectivity index (χ1n) is 9.37. The predicted octanol–water partition coefficient (Wildman–Crippen LogP) is 1.83. The molecule has 1 N–H and O–H groups in total. The lowest BCUT2D eigenvalue weighted by Gasteiger charge is -2.26. The lowest BCUT2D eigenvalue weighted by molar-refractivity contribution is -0.151. The normalized spacial score (nSPS) is 12.2. The predicted molar refractivity (Wildman–Crippen MR) is 102 cm³/mol. The number of rotatable bonds is 9. The van der Waals surface area contributed by atoms with E-state index in [-0.39, 0.29) is 25.9 Å². The van der Waals surface area contributed by atoms with E-state index >= 15 is 0 Å². The van der Waals surface area contributed by atoms with Crippen molar-refractivity contribution in [1.82, 2.24) is 10.2 Å². The van der Waals surface area contributed by atoms with Crippen LogP contribution in [0.4, 0.5) is 0 Å². The summed E-state index contributed by atoms with van der Waals surface area (Å²) in [4.78, 5) is 38.1. The second-order valence-electron chi connectivity index (χ2n) is 7.50.